The first-order valence-electron chi connectivity index (χ1n) is 6.68. The molecule has 2 fully saturated rings. The van der Waals surface area contributed by atoms with Gasteiger partial charge in [-0.15, -0.1) is 0 Å². The molecule has 0 atom stereocenters. The van der Waals surface area contributed by atoms with Gasteiger partial charge in [-0.3, -0.25) is 0 Å². The van der Waals surface area contributed by atoms with Gasteiger partial charge in [0, 0.05) is 13.1 Å². The van der Waals surface area contributed by atoms with E-state index in [9.17, 15) is 0 Å². The molecule has 0 spiro atoms. The monoisotopic (exact) mass is 210 g/mol. The van der Waals surface area contributed by atoms with Crippen LogP contribution in [0.25, 0.3) is 0 Å². The minimum absolute atomic E-state index is 1.03. The highest BCUT2D eigenvalue weighted by Crippen LogP contribution is 2.28. The zero-order chi connectivity index (χ0) is 10.7. The molecule has 0 bridgehead atoms. The summed E-state index contributed by atoms with van der Waals surface area (Å²) in [6, 6.07) is 0. The van der Waals surface area contributed by atoms with Gasteiger partial charge in [0.1, 0.15) is 0 Å². The van der Waals surface area contributed by atoms with Crippen LogP contribution < -0.4 is 0 Å². The fourth-order valence-corrected chi connectivity index (χ4v) is 3.21. The molecule has 0 amide bonds. The van der Waals surface area contributed by atoms with Gasteiger partial charge in [0.25, 0.3) is 0 Å². The molecule has 88 valence electrons. The van der Waals surface area contributed by atoms with Gasteiger partial charge in [0.15, 0.2) is 0 Å². The van der Waals surface area contributed by atoms with Gasteiger partial charge in [-0.1, -0.05) is 6.92 Å². The van der Waals surface area contributed by atoms with Gasteiger partial charge in [0.05, 0.1) is 0 Å². The predicted octanol–water partition coefficient (Wildman–Crippen LogP) is 2.06. The molecule has 2 aliphatic rings. The first-order valence-corrected chi connectivity index (χ1v) is 6.68. The van der Waals surface area contributed by atoms with Crippen molar-refractivity contribution < 1.29 is 0 Å². The number of nitrogens with zero attached hydrogens (tertiary/aromatic N) is 2. The van der Waals surface area contributed by atoms with Crippen molar-refractivity contribution in [1.29, 1.82) is 0 Å². The van der Waals surface area contributed by atoms with Crippen LogP contribution >= 0.6 is 0 Å². The molecule has 0 N–H and O–H groups in total. The largest absolute Gasteiger partial charge is 0.306 e. The molecule has 15 heavy (non-hydrogen) atoms. The quantitative estimate of drug-likeness (QED) is 0.701. The molecule has 2 aliphatic heterocycles. The van der Waals surface area contributed by atoms with E-state index in [4.69, 9.17) is 0 Å². The van der Waals surface area contributed by atoms with E-state index < -0.39 is 0 Å². The topological polar surface area (TPSA) is 6.48 Å². The molecule has 2 nitrogen and oxygen atoms in total. The van der Waals surface area contributed by atoms with E-state index >= 15 is 0 Å². The maximum absolute atomic E-state index is 2.64. The van der Waals surface area contributed by atoms with Crippen LogP contribution in [0.15, 0.2) is 0 Å². The molecular formula is C13H26N2. The van der Waals surface area contributed by atoms with E-state index in [1.165, 1.54) is 58.4 Å². The van der Waals surface area contributed by atoms with E-state index in [1.807, 2.05) is 0 Å². The van der Waals surface area contributed by atoms with Crippen molar-refractivity contribution in [3.8, 4) is 0 Å². The van der Waals surface area contributed by atoms with Crippen molar-refractivity contribution in [3.05, 3.63) is 0 Å². The normalized spacial score (nSPS) is 26.8. The van der Waals surface area contributed by atoms with Crippen molar-refractivity contribution >= 4 is 0 Å². The van der Waals surface area contributed by atoms with E-state index in [0.717, 1.165) is 11.8 Å². The Morgan fingerprint density at radius 2 is 1.73 bits per heavy atom. The Labute approximate surface area is 94.6 Å². The van der Waals surface area contributed by atoms with Gasteiger partial charge in [-0.05, 0) is 64.2 Å². The van der Waals surface area contributed by atoms with Crippen molar-refractivity contribution in [2.24, 2.45) is 11.8 Å². The minimum Gasteiger partial charge on any atom is -0.306 e. The predicted molar refractivity (Wildman–Crippen MR) is 65.1 cm³/mol. The molecule has 2 rings (SSSR count). The number of rotatable bonds is 4. The second-order valence-corrected chi connectivity index (χ2v) is 5.61. The highest BCUT2D eigenvalue weighted by molar-refractivity contribution is 4.81. The van der Waals surface area contributed by atoms with Crippen LogP contribution in [-0.2, 0) is 0 Å². The van der Waals surface area contributed by atoms with Crippen molar-refractivity contribution in [2.45, 2.75) is 32.6 Å². The minimum atomic E-state index is 1.03. The molecule has 0 aromatic rings. The molecule has 2 saturated heterocycles. The first-order chi connectivity index (χ1) is 7.28. The fourth-order valence-electron chi connectivity index (χ4n) is 3.21. The van der Waals surface area contributed by atoms with Gasteiger partial charge < -0.3 is 9.80 Å². The third-order valence-electron chi connectivity index (χ3n) is 4.05. The van der Waals surface area contributed by atoms with Crippen LogP contribution in [0.2, 0.25) is 0 Å². The molecule has 0 aliphatic carbocycles. The summed E-state index contributed by atoms with van der Waals surface area (Å²) in [7, 11) is 2.24. The fraction of sp³-hybridized carbons (Fsp3) is 1.00. The third kappa shape index (κ3) is 3.18. The number of likely N-dealkylation sites (tertiary alicyclic amines) is 2. The van der Waals surface area contributed by atoms with Gasteiger partial charge in [-0.25, -0.2) is 0 Å². The molecule has 0 aromatic carbocycles. The van der Waals surface area contributed by atoms with Gasteiger partial charge in [-0.2, -0.15) is 0 Å². The highest BCUT2D eigenvalue weighted by atomic mass is 15.2. The Kier molecular flexibility index (Phi) is 4.04. The molecule has 0 aromatic heterocycles. The molecular weight excluding hydrogens is 184 g/mol. The lowest BCUT2D eigenvalue weighted by Crippen LogP contribution is -2.45. The lowest BCUT2D eigenvalue weighted by molar-refractivity contribution is 0.0893. The lowest BCUT2D eigenvalue weighted by Gasteiger charge is -2.40. The maximum Gasteiger partial charge on any atom is 0.00191 e. The summed E-state index contributed by atoms with van der Waals surface area (Å²) in [5.74, 6) is 2.06. The van der Waals surface area contributed by atoms with Crippen LogP contribution in [0.5, 0.6) is 0 Å². The average molecular weight is 210 g/mol. The summed E-state index contributed by atoms with van der Waals surface area (Å²) >= 11 is 0. The zero-order valence-electron chi connectivity index (χ0n) is 10.4. The summed E-state index contributed by atoms with van der Waals surface area (Å²) in [6.07, 6.45) is 5.74. The van der Waals surface area contributed by atoms with Gasteiger partial charge in [0.2, 0.25) is 0 Å². The van der Waals surface area contributed by atoms with Gasteiger partial charge >= 0.3 is 0 Å². The van der Waals surface area contributed by atoms with E-state index in [0.29, 0.717) is 0 Å². The Hall–Kier alpha value is -0.0800. The molecule has 0 saturated carbocycles. The van der Waals surface area contributed by atoms with Crippen LogP contribution in [-0.4, -0.2) is 49.6 Å². The summed E-state index contributed by atoms with van der Waals surface area (Å²) in [4.78, 5) is 5.08. The summed E-state index contributed by atoms with van der Waals surface area (Å²) < 4.78 is 0. The number of hydrogen-bond acceptors (Lipinski definition) is 2. The van der Waals surface area contributed by atoms with Crippen LogP contribution in [0.1, 0.15) is 32.6 Å². The Morgan fingerprint density at radius 3 is 2.27 bits per heavy atom. The summed E-state index contributed by atoms with van der Waals surface area (Å²) in [5.41, 5.74) is 0. The zero-order valence-corrected chi connectivity index (χ0v) is 10.4. The smallest absolute Gasteiger partial charge is 0.00191 e. The second-order valence-electron chi connectivity index (χ2n) is 5.61. The standard InChI is InChI=1S/C13H26N2/c1-3-6-15-7-4-12(5-8-15)9-13-10-14(2)11-13/h12-13H,3-11H2,1-2H3. The average Bonchev–Trinajstić information content (AvgIpc) is 2.19. The molecule has 0 unspecified atom stereocenters. The van der Waals surface area contributed by atoms with Crippen molar-refractivity contribution in [2.75, 3.05) is 39.8 Å². The number of piperidine rings is 1. The van der Waals surface area contributed by atoms with E-state index in [1.54, 1.807) is 0 Å². The summed E-state index contributed by atoms with van der Waals surface area (Å²) in [5, 5.41) is 0. The Balaban J connectivity index is 1.61. The lowest BCUT2D eigenvalue weighted by atomic mass is 9.84. The molecule has 0 radical (unpaired) electrons. The van der Waals surface area contributed by atoms with Crippen molar-refractivity contribution in [3.63, 3.8) is 0 Å². The highest BCUT2D eigenvalue weighted by Gasteiger charge is 2.27. The SMILES string of the molecule is CCCN1CCC(CC2CN(C)C2)CC1. The molecule has 2 heteroatoms. The van der Waals surface area contributed by atoms with Crippen LogP contribution in [0.3, 0.4) is 0 Å². The number of hydrogen-bond donors (Lipinski definition) is 0. The third-order valence-corrected chi connectivity index (χ3v) is 4.05. The maximum atomic E-state index is 2.64. The van der Waals surface area contributed by atoms with E-state index in [2.05, 4.69) is 23.8 Å². The van der Waals surface area contributed by atoms with Crippen molar-refractivity contribution in [1.82, 2.24) is 9.80 Å². The van der Waals surface area contributed by atoms with Crippen LogP contribution in [0.4, 0.5) is 0 Å². The molecule has 2 heterocycles. The van der Waals surface area contributed by atoms with E-state index in [-0.39, 0.29) is 0 Å². The Bertz CT molecular complexity index is 179. The Morgan fingerprint density at radius 1 is 1.07 bits per heavy atom. The summed E-state index contributed by atoms with van der Waals surface area (Å²) in [6.45, 7) is 9.04. The first kappa shape index (κ1) is 11.4. The van der Waals surface area contributed by atoms with Crippen LogP contribution in [0, 0.1) is 11.8 Å². The second kappa shape index (κ2) is 5.31.